The lowest BCUT2D eigenvalue weighted by molar-refractivity contribution is -0.0581. The summed E-state index contributed by atoms with van der Waals surface area (Å²) < 4.78 is 12.5. The van der Waals surface area contributed by atoms with E-state index in [1.165, 1.54) is 16.8 Å². The Morgan fingerprint density at radius 2 is 2.53 bits per heavy atom. The number of nitrogens with two attached hydrogens (primary N) is 1. The Labute approximate surface area is 110 Å². The summed E-state index contributed by atoms with van der Waals surface area (Å²) in [6.45, 7) is 3.76. The van der Waals surface area contributed by atoms with E-state index < -0.39 is 18.0 Å². The van der Waals surface area contributed by atoms with E-state index in [0.717, 1.165) is 0 Å². The number of ether oxygens (including phenoxy) is 2. The molecule has 0 radical (unpaired) electrons. The van der Waals surface area contributed by atoms with Gasteiger partial charge in [0.25, 0.3) is 0 Å². The van der Waals surface area contributed by atoms with Crippen molar-refractivity contribution in [2.24, 2.45) is 0 Å². The Hall–Kier alpha value is -1.70. The molecular formula is C12H17N3O4. The van der Waals surface area contributed by atoms with Crippen LogP contribution >= 0.6 is 0 Å². The van der Waals surface area contributed by atoms with Gasteiger partial charge < -0.3 is 20.3 Å². The summed E-state index contributed by atoms with van der Waals surface area (Å²) >= 11 is 0. The summed E-state index contributed by atoms with van der Waals surface area (Å²) in [4.78, 5) is 15.4. The zero-order valence-electron chi connectivity index (χ0n) is 10.4. The molecule has 2 heterocycles. The van der Waals surface area contributed by atoms with Crippen molar-refractivity contribution in [1.82, 2.24) is 9.55 Å². The van der Waals surface area contributed by atoms with E-state index in [1.54, 1.807) is 6.08 Å². The van der Waals surface area contributed by atoms with Gasteiger partial charge in [-0.1, -0.05) is 6.08 Å². The molecule has 0 aliphatic carbocycles. The molecule has 1 aliphatic rings. The molecule has 3 N–H and O–H groups in total. The van der Waals surface area contributed by atoms with E-state index in [0.29, 0.717) is 13.0 Å². The second kappa shape index (κ2) is 5.96. The number of anilines is 1. The first-order valence-corrected chi connectivity index (χ1v) is 5.99. The third-order valence-electron chi connectivity index (χ3n) is 2.95. The highest BCUT2D eigenvalue weighted by molar-refractivity contribution is 5.23. The average molecular weight is 267 g/mol. The van der Waals surface area contributed by atoms with Crippen LogP contribution in [0.25, 0.3) is 0 Å². The van der Waals surface area contributed by atoms with Gasteiger partial charge in [-0.25, -0.2) is 4.79 Å². The largest absolute Gasteiger partial charge is 0.394 e. The second-order valence-corrected chi connectivity index (χ2v) is 4.25. The van der Waals surface area contributed by atoms with Crippen molar-refractivity contribution in [3.8, 4) is 0 Å². The van der Waals surface area contributed by atoms with Crippen LogP contribution in [-0.4, -0.2) is 40.1 Å². The quantitative estimate of drug-likeness (QED) is 0.709. The Morgan fingerprint density at radius 3 is 3.16 bits per heavy atom. The van der Waals surface area contributed by atoms with Crippen molar-refractivity contribution in [2.45, 2.75) is 24.9 Å². The third kappa shape index (κ3) is 3.01. The van der Waals surface area contributed by atoms with Crippen LogP contribution in [0.3, 0.4) is 0 Å². The molecule has 1 saturated heterocycles. The van der Waals surface area contributed by atoms with Gasteiger partial charge in [0.05, 0.1) is 19.3 Å². The molecular weight excluding hydrogens is 250 g/mol. The molecule has 3 atom stereocenters. The standard InChI is InChI=1S/C12H17N3O4/c1-2-5-18-8-6-11(19-9(8)7-16)15-4-3-10(13)14-12(15)17/h2-4,8-9,11,16H,1,5-7H2,(H2,13,14,17)/t8-,9+,11+/m0/s1. The van der Waals surface area contributed by atoms with Crippen molar-refractivity contribution in [3.05, 3.63) is 35.4 Å². The first-order valence-electron chi connectivity index (χ1n) is 5.99. The smallest absolute Gasteiger partial charge is 0.351 e. The topological polar surface area (TPSA) is 99.6 Å². The molecule has 2 rings (SSSR count). The molecule has 0 spiro atoms. The van der Waals surface area contributed by atoms with Crippen LogP contribution in [0.5, 0.6) is 0 Å². The normalized spacial score (nSPS) is 26.5. The summed E-state index contributed by atoms with van der Waals surface area (Å²) in [5.41, 5.74) is 4.95. The van der Waals surface area contributed by atoms with E-state index in [-0.39, 0.29) is 18.5 Å². The number of hydrogen-bond acceptors (Lipinski definition) is 6. The Morgan fingerprint density at radius 1 is 1.74 bits per heavy atom. The maximum Gasteiger partial charge on any atom is 0.351 e. The predicted octanol–water partition coefficient (Wildman–Crippen LogP) is -0.323. The number of rotatable bonds is 5. The first kappa shape index (κ1) is 13.7. The molecule has 0 amide bonds. The molecule has 104 valence electrons. The molecule has 19 heavy (non-hydrogen) atoms. The van der Waals surface area contributed by atoms with Gasteiger partial charge in [-0.05, 0) is 6.07 Å². The van der Waals surface area contributed by atoms with Gasteiger partial charge in [-0.15, -0.1) is 6.58 Å². The number of aliphatic hydroxyl groups excluding tert-OH is 1. The summed E-state index contributed by atoms with van der Waals surface area (Å²) in [6.07, 6.45) is 2.36. The summed E-state index contributed by atoms with van der Waals surface area (Å²) in [6, 6.07) is 1.52. The van der Waals surface area contributed by atoms with Gasteiger partial charge >= 0.3 is 5.69 Å². The van der Waals surface area contributed by atoms with Crippen LogP contribution < -0.4 is 11.4 Å². The molecule has 0 aromatic carbocycles. The number of nitrogen functional groups attached to an aromatic ring is 1. The third-order valence-corrected chi connectivity index (χ3v) is 2.95. The van der Waals surface area contributed by atoms with Crippen molar-refractivity contribution in [3.63, 3.8) is 0 Å². The molecule has 1 fully saturated rings. The zero-order valence-corrected chi connectivity index (χ0v) is 10.4. The van der Waals surface area contributed by atoms with Gasteiger partial charge in [-0.3, -0.25) is 4.57 Å². The minimum absolute atomic E-state index is 0.164. The summed E-state index contributed by atoms with van der Waals surface area (Å²) in [7, 11) is 0. The van der Waals surface area contributed by atoms with E-state index in [9.17, 15) is 9.90 Å². The van der Waals surface area contributed by atoms with E-state index in [4.69, 9.17) is 15.2 Å². The van der Waals surface area contributed by atoms with Gasteiger partial charge in [-0.2, -0.15) is 4.98 Å². The number of hydrogen-bond donors (Lipinski definition) is 2. The van der Waals surface area contributed by atoms with E-state index in [1.807, 2.05) is 0 Å². The maximum atomic E-state index is 11.7. The Balaban J connectivity index is 2.14. The predicted molar refractivity (Wildman–Crippen MR) is 68.5 cm³/mol. The van der Waals surface area contributed by atoms with Gasteiger partial charge in [0, 0.05) is 12.6 Å². The lowest BCUT2D eigenvalue weighted by Gasteiger charge is -2.15. The molecule has 1 aromatic heterocycles. The zero-order chi connectivity index (χ0) is 13.8. The highest BCUT2D eigenvalue weighted by atomic mass is 16.6. The van der Waals surface area contributed by atoms with Crippen LogP contribution in [0, 0.1) is 0 Å². The first-order chi connectivity index (χ1) is 9.15. The van der Waals surface area contributed by atoms with Gasteiger partial charge in [0.1, 0.15) is 18.1 Å². The van der Waals surface area contributed by atoms with E-state index >= 15 is 0 Å². The Bertz CT molecular complexity index is 502. The monoisotopic (exact) mass is 267 g/mol. The SMILES string of the molecule is C=CCO[C@H]1C[C@H](n2ccc(N)nc2=O)O[C@@H]1CO. The highest BCUT2D eigenvalue weighted by Crippen LogP contribution is 2.29. The van der Waals surface area contributed by atoms with Crippen molar-refractivity contribution in [2.75, 3.05) is 18.9 Å². The van der Waals surface area contributed by atoms with Crippen LogP contribution in [0.1, 0.15) is 12.6 Å². The minimum Gasteiger partial charge on any atom is -0.394 e. The molecule has 7 heteroatoms. The fraction of sp³-hybridized carbons (Fsp3) is 0.500. The summed E-state index contributed by atoms with van der Waals surface area (Å²) in [5.74, 6) is 0.164. The molecule has 0 unspecified atom stereocenters. The van der Waals surface area contributed by atoms with Gasteiger partial charge in [0.15, 0.2) is 0 Å². The molecule has 1 aromatic rings. The second-order valence-electron chi connectivity index (χ2n) is 4.25. The fourth-order valence-corrected chi connectivity index (χ4v) is 2.05. The average Bonchev–Trinajstić information content (AvgIpc) is 2.79. The Kier molecular flexibility index (Phi) is 4.31. The van der Waals surface area contributed by atoms with Gasteiger partial charge in [0.2, 0.25) is 0 Å². The molecule has 0 bridgehead atoms. The van der Waals surface area contributed by atoms with Crippen LogP contribution in [0.15, 0.2) is 29.7 Å². The molecule has 1 aliphatic heterocycles. The number of aliphatic hydroxyl groups is 1. The van der Waals surface area contributed by atoms with Crippen LogP contribution in [-0.2, 0) is 9.47 Å². The fourth-order valence-electron chi connectivity index (χ4n) is 2.05. The maximum absolute atomic E-state index is 11.7. The van der Waals surface area contributed by atoms with Crippen molar-refractivity contribution >= 4 is 5.82 Å². The lowest BCUT2D eigenvalue weighted by Crippen LogP contribution is -2.28. The molecule has 7 nitrogen and oxygen atoms in total. The van der Waals surface area contributed by atoms with E-state index in [2.05, 4.69) is 11.6 Å². The lowest BCUT2D eigenvalue weighted by atomic mass is 10.2. The number of nitrogens with zero attached hydrogens (tertiary/aromatic N) is 2. The van der Waals surface area contributed by atoms with Crippen LogP contribution in [0.2, 0.25) is 0 Å². The van der Waals surface area contributed by atoms with Crippen molar-refractivity contribution < 1.29 is 14.6 Å². The molecule has 0 saturated carbocycles. The highest BCUT2D eigenvalue weighted by Gasteiger charge is 2.36. The number of aromatic nitrogens is 2. The van der Waals surface area contributed by atoms with Crippen molar-refractivity contribution in [1.29, 1.82) is 0 Å². The summed E-state index contributed by atoms with van der Waals surface area (Å²) in [5, 5.41) is 9.26. The van der Waals surface area contributed by atoms with Crippen LogP contribution in [0.4, 0.5) is 5.82 Å². The minimum atomic E-state index is -0.507.